The number of carbonyl (C=O) groups excluding carboxylic acids is 1. The third-order valence-electron chi connectivity index (χ3n) is 3.36. The van der Waals surface area contributed by atoms with Gasteiger partial charge < -0.3 is 10.0 Å². The van der Waals surface area contributed by atoms with Crippen LogP contribution < -0.4 is 0 Å². The molecule has 0 saturated carbocycles. The van der Waals surface area contributed by atoms with E-state index in [2.05, 4.69) is 6.07 Å². The van der Waals surface area contributed by atoms with Gasteiger partial charge in [-0.15, -0.1) is 0 Å². The molecular weight excluding hydrogens is 230 g/mol. The minimum absolute atomic E-state index is 0.0941. The van der Waals surface area contributed by atoms with Gasteiger partial charge >= 0.3 is 5.97 Å². The van der Waals surface area contributed by atoms with Crippen LogP contribution in [0, 0.1) is 0 Å². The lowest BCUT2D eigenvalue weighted by atomic mass is 9.96. The lowest BCUT2D eigenvalue weighted by Crippen LogP contribution is -2.34. The predicted molar refractivity (Wildman–Crippen MR) is 67.2 cm³/mol. The summed E-state index contributed by atoms with van der Waals surface area (Å²) >= 11 is 0. The molecule has 0 spiro atoms. The predicted octanol–water partition coefficient (Wildman–Crippen LogP) is 1.61. The van der Waals surface area contributed by atoms with E-state index in [4.69, 9.17) is 5.11 Å². The zero-order valence-corrected chi connectivity index (χ0v) is 10.5. The number of carbonyl (C=O) groups is 2. The van der Waals surface area contributed by atoms with Gasteiger partial charge in [0.2, 0.25) is 5.91 Å². The van der Waals surface area contributed by atoms with Gasteiger partial charge in [-0.25, -0.2) is 0 Å². The highest BCUT2D eigenvalue weighted by molar-refractivity contribution is 5.73. The standard InChI is InChI=1S/C14H17NO3/c1-10(16)15-7-6-12-4-2-11(3-5-14(17)18)8-13(12)9-15/h2,4,8H,3,5-7,9H2,1H3,(H,17,18). The van der Waals surface area contributed by atoms with Crippen molar-refractivity contribution in [3.8, 4) is 0 Å². The number of rotatable bonds is 3. The molecule has 0 bridgehead atoms. The minimum Gasteiger partial charge on any atom is -0.481 e. The van der Waals surface area contributed by atoms with Crippen LogP contribution in [0.15, 0.2) is 18.2 Å². The van der Waals surface area contributed by atoms with E-state index < -0.39 is 5.97 Å². The number of aryl methyl sites for hydroxylation is 1. The summed E-state index contributed by atoms with van der Waals surface area (Å²) in [7, 11) is 0. The molecule has 0 atom stereocenters. The summed E-state index contributed by atoms with van der Waals surface area (Å²) in [4.78, 5) is 23.7. The first-order valence-corrected chi connectivity index (χ1v) is 6.14. The van der Waals surface area contributed by atoms with E-state index in [1.165, 1.54) is 5.56 Å². The van der Waals surface area contributed by atoms with Gasteiger partial charge in [-0.3, -0.25) is 9.59 Å². The van der Waals surface area contributed by atoms with Gasteiger partial charge in [0.15, 0.2) is 0 Å². The molecule has 0 saturated heterocycles. The maximum absolute atomic E-state index is 11.4. The number of amides is 1. The molecule has 0 aromatic heterocycles. The minimum atomic E-state index is -0.780. The highest BCUT2D eigenvalue weighted by Crippen LogP contribution is 2.21. The molecule has 1 N–H and O–H groups in total. The first-order chi connectivity index (χ1) is 8.56. The number of fused-ring (bicyclic) bond motifs is 1. The fourth-order valence-corrected chi connectivity index (χ4v) is 2.29. The number of carboxylic acids is 1. The van der Waals surface area contributed by atoms with Gasteiger partial charge in [-0.1, -0.05) is 18.2 Å². The summed E-state index contributed by atoms with van der Waals surface area (Å²) in [6.45, 7) is 3.00. The third-order valence-corrected chi connectivity index (χ3v) is 3.36. The smallest absolute Gasteiger partial charge is 0.303 e. The molecule has 0 fully saturated rings. The van der Waals surface area contributed by atoms with Crippen LogP contribution in [-0.4, -0.2) is 28.4 Å². The molecule has 1 aliphatic rings. The summed E-state index contributed by atoms with van der Waals surface area (Å²) in [6, 6.07) is 6.09. The Morgan fingerprint density at radius 2 is 2.11 bits per heavy atom. The van der Waals surface area contributed by atoms with Crippen molar-refractivity contribution in [1.82, 2.24) is 4.90 Å². The monoisotopic (exact) mass is 247 g/mol. The topological polar surface area (TPSA) is 57.6 Å². The van der Waals surface area contributed by atoms with Crippen molar-refractivity contribution in [1.29, 1.82) is 0 Å². The van der Waals surface area contributed by atoms with Crippen LogP contribution in [0.5, 0.6) is 0 Å². The molecule has 1 amide bonds. The maximum atomic E-state index is 11.4. The lowest BCUT2D eigenvalue weighted by molar-refractivity contribution is -0.137. The van der Waals surface area contributed by atoms with E-state index in [1.807, 2.05) is 17.0 Å². The number of benzene rings is 1. The molecule has 0 aliphatic carbocycles. The van der Waals surface area contributed by atoms with E-state index in [0.717, 1.165) is 24.1 Å². The molecule has 96 valence electrons. The second-order valence-corrected chi connectivity index (χ2v) is 4.69. The van der Waals surface area contributed by atoms with Crippen LogP contribution in [0.4, 0.5) is 0 Å². The number of hydrogen-bond acceptors (Lipinski definition) is 2. The Kier molecular flexibility index (Phi) is 3.65. The Morgan fingerprint density at radius 3 is 2.78 bits per heavy atom. The largest absolute Gasteiger partial charge is 0.481 e. The Labute approximate surface area is 106 Å². The molecular formula is C14H17NO3. The number of hydrogen-bond donors (Lipinski definition) is 1. The molecule has 4 nitrogen and oxygen atoms in total. The summed E-state index contributed by atoms with van der Waals surface area (Å²) in [5.41, 5.74) is 3.45. The third kappa shape index (κ3) is 2.88. The molecule has 0 radical (unpaired) electrons. The van der Waals surface area contributed by atoms with Crippen molar-refractivity contribution in [3.63, 3.8) is 0 Å². The maximum Gasteiger partial charge on any atom is 0.303 e. The molecule has 18 heavy (non-hydrogen) atoms. The van der Waals surface area contributed by atoms with Crippen LogP contribution >= 0.6 is 0 Å². The zero-order valence-electron chi connectivity index (χ0n) is 10.5. The van der Waals surface area contributed by atoms with Crippen LogP contribution in [0.25, 0.3) is 0 Å². The Hall–Kier alpha value is -1.84. The highest BCUT2D eigenvalue weighted by Gasteiger charge is 2.18. The quantitative estimate of drug-likeness (QED) is 0.882. The van der Waals surface area contributed by atoms with E-state index in [0.29, 0.717) is 13.0 Å². The molecule has 1 aromatic rings. The second kappa shape index (κ2) is 5.21. The van der Waals surface area contributed by atoms with Gasteiger partial charge in [-0.05, 0) is 29.5 Å². The normalized spacial score (nSPS) is 14.2. The van der Waals surface area contributed by atoms with Gasteiger partial charge in [0.25, 0.3) is 0 Å². The van der Waals surface area contributed by atoms with E-state index in [-0.39, 0.29) is 12.3 Å². The van der Waals surface area contributed by atoms with Crippen molar-refractivity contribution in [2.75, 3.05) is 6.54 Å². The lowest BCUT2D eigenvalue weighted by Gasteiger charge is -2.28. The van der Waals surface area contributed by atoms with Crippen LogP contribution in [0.2, 0.25) is 0 Å². The molecule has 1 aromatic carbocycles. The summed E-state index contributed by atoms with van der Waals surface area (Å²) < 4.78 is 0. The molecule has 1 aliphatic heterocycles. The molecule has 4 heteroatoms. The number of nitrogens with zero attached hydrogens (tertiary/aromatic N) is 1. The first kappa shape index (κ1) is 12.6. The van der Waals surface area contributed by atoms with Crippen molar-refractivity contribution < 1.29 is 14.7 Å². The van der Waals surface area contributed by atoms with Crippen molar-refractivity contribution in [2.45, 2.75) is 32.7 Å². The SMILES string of the molecule is CC(=O)N1CCc2ccc(CCC(=O)O)cc2C1. The fourth-order valence-electron chi connectivity index (χ4n) is 2.29. The Morgan fingerprint density at radius 1 is 1.33 bits per heavy atom. The Bertz CT molecular complexity index is 482. The van der Waals surface area contributed by atoms with Crippen molar-refractivity contribution in [2.24, 2.45) is 0 Å². The summed E-state index contributed by atoms with van der Waals surface area (Å²) in [5.74, 6) is -0.685. The number of aliphatic carboxylic acids is 1. The van der Waals surface area contributed by atoms with Crippen LogP contribution in [0.3, 0.4) is 0 Å². The van der Waals surface area contributed by atoms with Crippen LogP contribution in [0.1, 0.15) is 30.0 Å². The van der Waals surface area contributed by atoms with E-state index in [1.54, 1.807) is 6.92 Å². The second-order valence-electron chi connectivity index (χ2n) is 4.69. The average Bonchev–Trinajstić information content (AvgIpc) is 2.35. The first-order valence-electron chi connectivity index (χ1n) is 6.14. The van der Waals surface area contributed by atoms with Gasteiger partial charge in [0.05, 0.1) is 0 Å². The summed E-state index contributed by atoms with van der Waals surface area (Å²) in [5, 5.41) is 8.68. The molecule has 2 rings (SSSR count). The summed E-state index contributed by atoms with van der Waals surface area (Å²) in [6.07, 6.45) is 1.58. The van der Waals surface area contributed by atoms with Gasteiger partial charge in [-0.2, -0.15) is 0 Å². The average molecular weight is 247 g/mol. The van der Waals surface area contributed by atoms with E-state index >= 15 is 0 Å². The van der Waals surface area contributed by atoms with Crippen molar-refractivity contribution >= 4 is 11.9 Å². The molecule has 0 unspecified atom stereocenters. The van der Waals surface area contributed by atoms with Crippen LogP contribution in [-0.2, 0) is 29.0 Å². The van der Waals surface area contributed by atoms with E-state index in [9.17, 15) is 9.59 Å². The van der Waals surface area contributed by atoms with Gasteiger partial charge in [0, 0.05) is 26.4 Å². The van der Waals surface area contributed by atoms with Crippen molar-refractivity contribution in [3.05, 3.63) is 34.9 Å². The Balaban J connectivity index is 2.13. The number of carboxylic acid groups (broad SMARTS) is 1. The fraction of sp³-hybridized carbons (Fsp3) is 0.429. The molecule has 1 heterocycles. The highest BCUT2D eigenvalue weighted by atomic mass is 16.4. The zero-order chi connectivity index (χ0) is 13.1. The van der Waals surface area contributed by atoms with Gasteiger partial charge in [0.1, 0.15) is 0 Å².